The van der Waals surface area contributed by atoms with E-state index in [1.807, 2.05) is 0 Å². The standard InChI is InChI=1S/C64H88ClF6N11O11/c1-11-37(2)53-60(92)78(7)35-51(85)76(5)36-52(86)80(9)48(33-41-20-24-43(25-21-41)63(66,67)68)59(91)77(6)34-49(83)73-46(27-23-40-22-26-44(45(65)32-40)64(69,70)71)58(90)82-30-16-19-47(82)56(88)75-62(28-14-15-29-62)61(93)81(10)54(42-17-12-13-18-42)57(89)72-38(3)31-50(84)79(8)39(4)55(87)74-53/h20-22,24-26,32,37-39,42,46-48,53-54H,11-19,23,27-31,33-36H2,1-10H3,(H,72,89)(H,73,83)(H,74,87)(H,75,88)/t37-,38+,39-,46-,47-,48-,53-,54-/m0/s1. The molecule has 0 unspecified atom stereocenters. The maximum atomic E-state index is 15.1. The van der Waals surface area contributed by atoms with Crippen LogP contribution < -0.4 is 21.3 Å². The molecule has 2 saturated carbocycles. The number of nitrogens with one attached hydrogen (secondary N) is 4. The highest BCUT2D eigenvalue weighted by Crippen LogP contribution is 2.38. The molecule has 11 amide bonds. The Bertz CT molecular complexity index is 3090. The molecule has 2 saturated heterocycles. The Morgan fingerprint density at radius 3 is 1.82 bits per heavy atom. The molecule has 0 aromatic heterocycles. The number of rotatable bonds is 8. The summed E-state index contributed by atoms with van der Waals surface area (Å²) in [5.74, 6) is -8.85. The maximum Gasteiger partial charge on any atom is 0.417 e. The molecule has 2 aliphatic carbocycles. The molecule has 2 aromatic rings. The van der Waals surface area contributed by atoms with Gasteiger partial charge in [0.2, 0.25) is 65.0 Å². The average molecular weight is 1340 g/mol. The summed E-state index contributed by atoms with van der Waals surface area (Å²) in [6.07, 6.45) is -5.73. The Hall–Kier alpha value is -7.52. The van der Waals surface area contributed by atoms with Gasteiger partial charge in [0.25, 0.3) is 0 Å². The minimum absolute atomic E-state index is 0.0124. The largest absolute Gasteiger partial charge is 0.417 e. The molecule has 514 valence electrons. The van der Waals surface area contributed by atoms with Crippen LogP contribution in [0, 0.1) is 11.8 Å². The van der Waals surface area contributed by atoms with Crippen LogP contribution in [-0.4, -0.2) is 216 Å². The molecule has 4 aliphatic rings. The van der Waals surface area contributed by atoms with E-state index in [1.165, 1.54) is 63.9 Å². The molecule has 2 aliphatic heterocycles. The predicted molar refractivity (Wildman–Crippen MR) is 330 cm³/mol. The molecule has 2 aromatic carbocycles. The Balaban J connectivity index is 1.37. The van der Waals surface area contributed by atoms with Gasteiger partial charge in [0.15, 0.2) is 0 Å². The van der Waals surface area contributed by atoms with Crippen molar-refractivity contribution in [2.24, 2.45) is 11.8 Å². The van der Waals surface area contributed by atoms with Gasteiger partial charge in [0.05, 0.1) is 35.8 Å². The highest BCUT2D eigenvalue weighted by Gasteiger charge is 2.50. The molecular weight excluding hydrogens is 1250 g/mol. The monoisotopic (exact) mass is 1340 g/mol. The summed E-state index contributed by atoms with van der Waals surface area (Å²) in [6.45, 7) is 4.40. The Morgan fingerprint density at radius 2 is 1.23 bits per heavy atom. The smallest absolute Gasteiger partial charge is 0.351 e. The van der Waals surface area contributed by atoms with E-state index in [-0.39, 0.29) is 68.5 Å². The van der Waals surface area contributed by atoms with Crippen LogP contribution >= 0.6 is 11.6 Å². The van der Waals surface area contributed by atoms with Crippen molar-refractivity contribution in [3.63, 3.8) is 0 Å². The van der Waals surface area contributed by atoms with Gasteiger partial charge < -0.3 is 55.6 Å². The van der Waals surface area contributed by atoms with Crippen molar-refractivity contribution in [2.45, 2.75) is 184 Å². The average Bonchev–Trinajstić information content (AvgIpc) is 1.68. The van der Waals surface area contributed by atoms with Crippen molar-refractivity contribution in [1.29, 1.82) is 0 Å². The van der Waals surface area contributed by atoms with Gasteiger partial charge in [0, 0.05) is 67.7 Å². The summed E-state index contributed by atoms with van der Waals surface area (Å²) in [7, 11) is 7.84. The second kappa shape index (κ2) is 31.6. The SMILES string of the molecule is CC[C@H](C)[C@@H]1NC(=O)[C@H](C)N(C)C(=O)C[C@@H](C)NC(=O)[C@H](C2CCCC2)N(C)C(=O)C2(CCCC2)NC(=O)[C@@H]2CCCN2C(=O)[C@H](CCc2ccc(C(F)(F)F)c(Cl)c2)NC(=O)CN(C)C(=O)[C@H](Cc2ccc(C(F)(F)F)cc2)N(C)C(=O)CN(C)C(=O)CN(C)C1=O. The van der Waals surface area contributed by atoms with E-state index in [4.69, 9.17) is 11.6 Å². The number of alkyl halides is 6. The Labute approximate surface area is 543 Å². The number of hydrogen-bond donors (Lipinski definition) is 4. The zero-order valence-corrected chi connectivity index (χ0v) is 55.2. The first kappa shape index (κ1) is 74.5. The predicted octanol–water partition coefficient (Wildman–Crippen LogP) is 4.96. The van der Waals surface area contributed by atoms with Crippen LogP contribution in [0.5, 0.6) is 0 Å². The van der Waals surface area contributed by atoms with E-state index in [2.05, 4.69) is 21.3 Å². The van der Waals surface area contributed by atoms with Crippen LogP contribution in [0.1, 0.15) is 133 Å². The number of carbonyl (C=O) groups excluding carboxylic acids is 11. The Morgan fingerprint density at radius 1 is 0.624 bits per heavy atom. The number of likely N-dealkylation sites (N-methyl/N-ethyl adjacent to an activating group) is 6. The third-order valence-electron chi connectivity index (χ3n) is 18.8. The quantitative estimate of drug-likeness (QED) is 0.257. The normalized spacial score (nSPS) is 25.8. The lowest BCUT2D eigenvalue weighted by Crippen LogP contribution is -2.64. The van der Waals surface area contributed by atoms with E-state index in [0.29, 0.717) is 32.1 Å². The molecule has 22 nitrogen and oxygen atoms in total. The number of amides is 11. The lowest BCUT2D eigenvalue weighted by atomic mass is 9.90. The van der Waals surface area contributed by atoms with Gasteiger partial charge in [-0.25, -0.2) is 0 Å². The number of aryl methyl sites for hydroxylation is 1. The molecule has 2 heterocycles. The number of fused-ring (bicyclic) bond motifs is 1. The topological polar surface area (TPSA) is 259 Å². The van der Waals surface area contributed by atoms with E-state index in [9.17, 15) is 69.5 Å². The van der Waals surface area contributed by atoms with Crippen molar-refractivity contribution < 1.29 is 79.1 Å². The minimum atomic E-state index is -4.79. The highest BCUT2D eigenvalue weighted by atomic mass is 35.5. The summed E-state index contributed by atoms with van der Waals surface area (Å²) in [5, 5.41) is 10.6. The molecule has 4 N–H and O–H groups in total. The van der Waals surface area contributed by atoms with Crippen molar-refractivity contribution in [1.82, 2.24) is 55.6 Å². The van der Waals surface area contributed by atoms with Crippen molar-refractivity contribution in [3.8, 4) is 0 Å². The fourth-order valence-electron chi connectivity index (χ4n) is 12.7. The summed E-state index contributed by atoms with van der Waals surface area (Å²) >= 11 is 6.08. The molecule has 6 rings (SSSR count). The van der Waals surface area contributed by atoms with Gasteiger partial charge in [-0.3, -0.25) is 52.7 Å². The summed E-state index contributed by atoms with van der Waals surface area (Å²) < 4.78 is 82.4. The van der Waals surface area contributed by atoms with Gasteiger partial charge in [-0.1, -0.05) is 75.8 Å². The number of nitrogens with zero attached hydrogens (tertiary/aromatic N) is 7. The van der Waals surface area contributed by atoms with Gasteiger partial charge in [0.1, 0.15) is 41.8 Å². The van der Waals surface area contributed by atoms with Crippen molar-refractivity contribution in [3.05, 3.63) is 69.7 Å². The molecular formula is C64H88ClF6N11O11. The first-order valence-corrected chi connectivity index (χ1v) is 31.9. The van der Waals surface area contributed by atoms with Crippen LogP contribution in [0.25, 0.3) is 0 Å². The first-order chi connectivity index (χ1) is 43.5. The Kier molecular flexibility index (Phi) is 25.3. The first-order valence-electron chi connectivity index (χ1n) is 31.6. The van der Waals surface area contributed by atoms with E-state index < -0.39 is 173 Å². The fourth-order valence-corrected chi connectivity index (χ4v) is 13.0. The molecule has 4 fully saturated rings. The lowest BCUT2D eigenvalue weighted by molar-refractivity contribution is -0.149. The third-order valence-corrected chi connectivity index (χ3v) is 19.1. The number of benzene rings is 2. The molecule has 0 radical (unpaired) electrons. The van der Waals surface area contributed by atoms with E-state index >= 15 is 9.59 Å². The van der Waals surface area contributed by atoms with Crippen LogP contribution in [-0.2, 0) is 77.9 Å². The maximum absolute atomic E-state index is 15.1. The molecule has 29 heteroatoms. The van der Waals surface area contributed by atoms with Crippen LogP contribution in [0.15, 0.2) is 42.5 Å². The minimum Gasteiger partial charge on any atom is -0.351 e. The highest BCUT2D eigenvalue weighted by molar-refractivity contribution is 6.31. The summed E-state index contributed by atoms with van der Waals surface area (Å²) in [6, 6.07) is -1.76. The second-order valence-electron chi connectivity index (χ2n) is 25.6. The number of hydrogen-bond acceptors (Lipinski definition) is 11. The number of halogens is 7. The zero-order valence-electron chi connectivity index (χ0n) is 54.4. The third kappa shape index (κ3) is 18.7. The fraction of sp³-hybridized carbons (Fsp3) is 0.641. The molecule has 93 heavy (non-hydrogen) atoms. The van der Waals surface area contributed by atoms with Crippen LogP contribution in [0.4, 0.5) is 26.3 Å². The van der Waals surface area contributed by atoms with Crippen LogP contribution in [0.2, 0.25) is 5.02 Å². The van der Waals surface area contributed by atoms with Gasteiger partial charge in [-0.15, -0.1) is 0 Å². The lowest BCUT2D eigenvalue weighted by Gasteiger charge is -2.40. The summed E-state index contributed by atoms with van der Waals surface area (Å²) in [4.78, 5) is 166. The molecule has 0 bridgehead atoms. The van der Waals surface area contributed by atoms with Gasteiger partial charge in [-0.2, -0.15) is 26.3 Å². The van der Waals surface area contributed by atoms with Crippen molar-refractivity contribution >= 4 is 76.6 Å². The van der Waals surface area contributed by atoms with E-state index in [0.717, 1.165) is 74.9 Å². The molecule has 8 atom stereocenters. The zero-order chi connectivity index (χ0) is 69.2. The van der Waals surface area contributed by atoms with Crippen molar-refractivity contribution in [2.75, 3.05) is 68.5 Å². The van der Waals surface area contributed by atoms with E-state index in [1.54, 1.807) is 20.8 Å². The van der Waals surface area contributed by atoms with Gasteiger partial charge >= 0.3 is 12.4 Å². The number of carbonyl (C=O) groups is 11. The van der Waals surface area contributed by atoms with Gasteiger partial charge in [-0.05, 0) is 112 Å². The molecule has 1 spiro atoms. The van der Waals surface area contributed by atoms with Crippen LogP contribution in [0.3, 0.4) is 0 Å². The summed E-state index contributed by atoms with van der Waals surface area (Å²) in [5.41, 5.74) is -3.27. The second-order valence-corrected chi connectivity index (χ2v) is 26.0.